The second-order valence-electron chi connectivity index (χ2n) is 9.62. The fourth-order valence-corrected chi connectivity index (χ4v) is 4.37. The van der Waals surface area contributed by atoms with Gasteiger partial charge in [-0.05, 0) is 50.8 Å². The summed E-state index contributed by atoms with van der Waals surface area (Å²) in [4.78, 5) is 43.1. The van der Waals surface area contributed by atoms with Crippen LogP contribution < -0.4 is 32.7 Å². The molecule has 3 amide bonds. The van der Waals surface area contributed by atoms with Crippen LogP contribution in [0.3, 0.4) is 0 Å². The molecular formula is C27H45N7O3. The monoisotopic (exact) mass is 515 g/mol. The van der Waals surface area contributed by atoms with Crippen LogP contribution in [0.5, 0.6) is 0 Å². The first-order valence-electron chi connectivity index (χ1n) is 13.6. The fourth-order valence-electron chi connectivity index (χ4n) is 4.37. The Morgan fingerprint density at radius 3 is 2.43 bits per heavy atom. The Morgan fingerprint density at radius 1 is 1.03 bits per heavy atom. The van der Waals surface area contributed by atoms with Gasteiger partial charge in [-0.1, -0.05) is 62.9 Å². The molecule has 0 saturated carbocycles. The van der Waals surface area contributed by atoms with Gasteiger partial charge in [-0.3, -0.25) is 24.7 Å². The van der Waals surface area contributed by atoms with Gasteiger partial charge >= 0.3 is 0 Å². The van der Waals surface area contributed by atoms with E-state index < -0.39 is 23.9 Å². The lowest BCUT2D eigenvalue weighted by Crippen LogP contribution is -2.55. The van der Waals surface area contributed by atoms with Gasteiger partial charge in [-0.2, -0.15) is 0 Å². The lowest BCUT2D eigenvalue weighted by atomic mass is 10.0. The van der Waals surface area contributed by atoms with Crippen molar-refractivity contribution in [2.45, 2.75) is 89.3 Å². The molecule has 1 fully saturated rings. The third-order valence-electron chi connectivity index (χ3n) is 6.47. The Balaban J connectivity index is 2.01. The largest absolute Gasteiger partial charge is 0.370 e. The number of hydrogen-bond donors (Lipinski definition) is 6. The van der Waals surface area contributed by atoms with E-state index in [1.54, 1.807) is 0 Å². The van der Waals surface area contributed by atoms with E-state index in [0.29, 0.717) is 32.4 Å². The predicted molar refractivity (Wildman–Crippen MR) is 147 cm³/mol. The average Bonchev–Trinajstić information content (AvgIpc) is 3.42. The van der Waals surface area contributed by atoms with E-state index in [9.17, 15) is 14.4 Å². The molecule has 1 aliphatic heterocycles. The zero-order valence-electron chi connectivity index (χ0n) is 22.1. The molecular weight excluding hydrogens is 470 g/mol. The minimum Gasteiger partial charge on any atom is -0.370 e. The number of nitrogens with one attached hydrogen (secondary N) is 4. The van der Waals surface area contributed by atoms with Gasteiger partial charge in [0, 0.05) is 13.0 Å². The van der Waals surface area contributed by atoms with E-state index in [2.05, 4.69) is 33.2 Å². The van der Waals surface area contributed by atoms with E-state index >= 15 is 0 Å². The number of aliphatic imine (C=N–C) groups is 1. The highest BCUT2D eigenvalue weighted by atomic mass is 16.2. The molecule has 1 saturated heterocycles. The predicted octanol–water partition coefficient (Wildman–Crippen LogP) is 1.09. The maximum atomic E-state index is 13.2. The Morgan fingerprint density at radius 2 is 1.76 bits per heavy atom. The van der Waals surface area contributed by atoms with Crippen molar-refractivity contribution in [2.75, 3.05) is 19.6 Å². The number of unbranched alkanes of at least 4 members (excludes halogenated alkanes) is 4. The summed E-state index contributed by atoms with van der Waals surface area (Å²) in [6.45, 7) is 4.02. The molecule has 10 heteroatoms. The molecule has 1 aromatic rings. The van der Waals surface area contributed by atoms with E-state index in [4.69, 9.17) is 11.5 Å². The summed E-state index contributed by atoms with van der Waals surface area (Å²) in [5, 5.41) is 11.8. The third-order valence-corrected chi connectivity index (χ3v) is 6.47. The maximum Gasteiger partial charge on any atom is 0.249 e. The number of benzene rings is 1. The average molecular weight is 516 g/mol. The van der Waals surface area contributed by atoms with Crippen molar-refractivity contribution in [3.8, 4) is 0 Å². The first-order valence-corrected chi connectivity index (χ1v) is 13.6. The zero-order chi connectivity index (χ0) is 26.9. The summed E-state index contributed by atoms with van der Waals surface area (Å²) < 4.78 is 0. The summed E-state index contributed by atoms with van der Waals surface area (Å²) in [7, 11) is 0. The summed E-state index contributed by atoms with van der Waals surface area (Å²) in [5.74, 6) is -1.13. The lowest BCUT2D eigenvalue weighted by molar-refractivity contribution is -0.135. The van der Waals surface area contributed by atoms with Crippen molar-refractivity contribution in [1.29, 1.82) is 0 Å². The van der Waals surface area contributed by atoms with Gasteiger partial charge in [0.2, 0.25) is 17.7 Å². The summed E-state index contributed by atoms with van der Waals surface area (Å²) >= 11 is 0. The van der Waals surface area contributed by atoms with Crippen LogP contribution in [0.15, 0.2) is 35.3 Å². The van der Waals surface area contributed by atoms with Crippen LogP contribution in [-0.4, -0.2) is 61.4 Å². The molecule has 0 aromatic heterocycles. The molecule has 0 spiro atoms. The number of carbonyl (C=O) groups excluding carboxylic acids is 3. The summed E-state index contributed by atoms with van der Waals surface area (Å²) in [5.41, 5.74) is 11.7. The van der Waals surface area contributed by atoms with Crippen LogP contribution >= 0.6 is 0 Å². The SMILES string of the molecule is CCCCCCCN[C@@H](CCCN=C(N)N)C(=O)NC(=O)[C@H](Cc1ccccc1)NC(=O)[C@@H]1CCCN1. The van der Waals surface area contributed by atoms with Crippen LogP contribution in [-0.2, 0) is 20.8 Å². The van der Waals surface area contributed by atoms with Gasteiger partial charge in [0.25, 0.3) is 0 Å². The second-order valence-corrected chi connectivity index (χ2v) is 9.62. The van der Waals surface area contributed by atoms with Gasteiger partial charge in [0.1, 0.15) is 6.04 Å². The number of nitrogens with zero attached hydrogens (tertiary/aromatic N) is 1. The first kappa shape index (κ1) is 30.2. The Labute approximate surface area is 220 Å². The highest BCUT2D eigenvalue weighted by Gasteiger charge is 2.29. The zero-order valence-corrected chi connectivity index (χ0v) is 22.1. The molecule has 2 rings (SSSR count). The smallest absolute Gasteiger partial charge is 0.249 e. The van der Waals surface area contributed by atoms with Crippen LogP contribution in [0, 0.1) is 0 Å². The Kier molecular flexibility index (Phi) is 14.3. The molecule has 0 radical (unpaired) electrons. The minimum absolute atomic E-state index is 0.0105. The van der Waals surface area contributed by atoms with Crippen LogP contribution in [0.25, 0.3) is 0 Å². The first-order chi connectivity index (χ1) is 17.9. The van der Waals surface area contributed by atoms with Crippen molar-refractivity contribution in [2.24, 2.45) is 16.5 Å². The summed E-state index contributed by atoms with van der Waals surface area (Å²) in [6, 6.07) is 7.71. The molecule has 3 atom stereocenters. The number of rotatable bonds is 17. The lowest BCUT2D eigenvalue weighted by Gasteiger charge is -2.23. The number of imide groups is 1. The van der Waals surface area contributed by atoms with Gasteiger partial charge in [-0.15, -0.1) is 0 Å². The van der Waals surface area contributed by atoms with Gasteiger partial charge in [0.05, 0.1) is 12.1 Å². The normalized spacial score (nSPS) is 16.5. The molecule has 37 heavy (non-hydrogen) atoms. The van der Waals surface area contributed by atoms with Gasteiger partial charge in [-0.25, -0.2) is 0 Å². The van der Waals surface area contributed by atoms with Crippen LogP contribution in [0.4, 0.5) is 0 Å². The molecule has 8 N–H and O–H groups in total. The molecule has 10 nitrogen and oxygen atoms in total. The van der Waals surface area contributed by atoms with Crippen molar-refractivity contribution in [3.63, 3.8) is 0 Å². The van der Waals surface area contributed by atoms with Crippen molar-refractivity contribution < 1.29 is 14.4 Å². The quantitative estimate of drug-likeness (QED) is 0.103. The molecule has 0 unspecified atom stereocenters. The Hall–Kier alpha value is -2.98. The van der Waals surface area contributed by atoms with E-state index in [0.717, 1.165) is 44.2 Å². The fraction of sp³-hybridized carbons (Fsp3) is 0.630. The molecule has 1 heterocycles. The minimum atomic E-state index is -0.863. The van der Waals surface area contributed by atoms with E-state index in [1.165, 1.54) is 12.8 Å². The number of hydrogen-bond acceptors (Lipinski definition) is 6. The standard InChI is InChI=1S/C27H45N7O3/c1-2-3-4-5-9-16-30-22(15-11-18-32-27(28)29)25(36)34-26(37)23(19-20-12-7-6-8-13-20)33-24(35)21-14-10-17-31-21/h6-8,12-13,21-23,30-31H,2-5,9-11,14-19H2,1H3,(H,33,35)(H4,28,29,32)(H,34,36,37)/t21-,22-,23-/m0/s1. The molecule has 1 aliphatic rings. The van der Waals surface area contributed by atoms with Crippen molar-refractivity contribution >= 4 is 23.7 Å². The highest BCUT2D eigenvalue weighted by molar-refractivity contribution is 6.01. The topological polar surface area (TPSA) is 164 Å². The number of amides is 3. The van der Waals surface area contributed by atoms with Crippen LogP contribution in [0.1, 0.15) is 70.3 Å². The number of carbonyl (C=O) groups is 3. The molecule has 1 aromatic carbocycles. The van der Waals surface area contributed by atoms with Gasteiger partial charge in [0.15, 0.2) is 5.96 Å². The summed E-state index contributed by atoms with van der Waals surface area (Å²) in [6.07, 6.45) is 8.56. The number of guanidine groups is 1. The maximum absolute atomic E-state index is 13.2. The van der Waals surface area contributed by atoms with E-state index in [1.807, 2.05) is 30.3 Å². The third kappa shape index (κ3) is 12.2. The molecule has 0 bridgehead atoms. The van der Waals surface area contributed by atoms with Crippen molar-refractivity contribution in [1.82, 2.24) is 21.3 Å². The molecule has 0 aliphatic carbocycles. The highest BCUT2D eigenvalue weighted by Crippen LogP contribution is 2.09. The number of nitrogens with two attached hydrogens (primary N) is 2. The molecule has 206 valence electrons. The van der Waals surface area contributed by atoms with E-state index in [-0.39, 0.29) is 17.9 Å². The van der Waals surface area contributed by atoms with Gasteiger partial charge < -0.3 is 27.4 Å². The van der Waals surface area contributed by atoms with Crippen molar-refractivity contribution in [3.05, 3.63) is 35.9 Å². The second kappa shape index (κ2) is 17.5. The Bertz CT molecular complexity index is 853. The van der Waals surface area contributed by atoms with Crippen LogP contribution in [0.2, 0.25) is 0 Å².